The van der Waals surface area contributed by atoms with Crippen LogP contribution < -0.4 is 11.1 Å². The van der Waals surface area contributed by atoms with Crippen molar-refractivity contribution >= 4 is 23.1 Å². The lowest BCUT2D eigenvalue weighted by molar-refractivity contribution is -0.121. The highest BCUT2D eigenvalue weighted by Gasteiger charge is 2.28. The van der Waals surface area contributed by atoms with Crippen LogP contribution in [0.2, 0.25) is 0 Å². The van der Waals surface area contributed by atoms with E-state index < -0.39 is 5.92 Å². The monoisotopic (exact) mass is 305 g/mol. The van der Waals surface area contributed by atoms with Gasteiger partial charge in [0.15, 0.2) is 0 Å². The highest BCUT2D eigenvalue weighted by molar-refractivity contribution is 7.80. The van der Waals surface area contributed by atoms with E-state index in [0.29, 0.717) is 12.6 Å². The van der Waals surface area contributed by atoms with Crippen LogP contribution in [-0.2, 0) is 4.79 Å². The molecule has 21 heavy (non-hydrogen) atoms. The average Bonchev–Trinajstić information content (AvgIpc) is 3.29. The van der Waals surface area contributed by atoms with Crippen LogP contribution >= 0.6 is 12.2 Å². The third-order valence-electron chi connectivity index (χ3n) is 3.85. The van der Waals surface area contributed by atoms with Gasteiger partial charge < -0.3 is 11.1 Å². The number of carbonyl (C=O) groups is 1. The minimum Gasteiger partial charge on any atom is -0.392 e. The Bertz CT molecular complexity index is 488. The van der Waals surface area contributed by atoms with E-state index in [-0.39, 0.29) is 10.9 Å². The molecule has 4 nitrogen and oxygen atoms in total. The maximum Gasteiger partial charge on any atom is 0.234 e. The Hall–Kier alpha value is -1.46. The Morgan fingerprint density at radius 2 is 2.10 bits per heavy atom. The zero-order chi connectivity index (χ0) is 15.2. The molecule has 114 valence electrons. The number of hydrogen-bond donors (Lipinski definition) is 2. The van der Waals surface area contributed by atoms with Gasteiger partial charge in [-0.25, -0.2) is 0 Å². The fourth-order valence-corrected chi connectivity index (χ4v) is 2.80. The number of rotatable bonds is 8. The standard InChI is InChI=1S/C16H23N3OS/c1-2-19(13-8-9-13)11-10-18-16(20)14(15(17)21)12-6-4-3-5-7-12/h3-7,13-14H,2,8-11H2,1H3,(H2,17,21)(H,18,20). The molecule has 1 aliphatic rings. The second kappa shape index (κ2) is 7.52. The molecule has 0 heterocycles. The summed E-state index contributed by atoms with van der Waals surface area (Å²) in [7, 11) is 0. The van der Waals surface area contributed by atoms with E-state index in [0.717, 1.165) is 18.7 Å². The molecule has 1 amide bonds. The molecule has 1 aromatic rings. The number of hydrogen-bond acceptors (Lipinski definition) is 3. The highest BCUT2D eigenvalue weighted by Crippen LogP contribution is 2.25. The molecule has 1 fully saturated rings. The third-order valence-corrected chi connectivity index (χ3v) is 4.08. The number of thiocarbonyl (C=S) groups is 1. The van der Waals surface area contributed by atoms with Gasteiger partial charge in [0.2, 0.25) is 5.91 Å². The second-order valence-electron chi connectivity index (χ2n) is 5.40. The molecule has 0 saturated heterocycles. The van der Waals surface area contributed by atoms with E-state index in [2.05, 4.69) is 17.1 Å². The number of benzene rings is 1. The summed E-state index contributed by atoms with van der Waals surface area (Å²) in [6.45, 7) is 4.70. The molecule has 1 aromatic carbocycles. The Morgan fingerprint density at radius 3 is 2.62 bits per heavy atom. The Kier molecular flexibility index (Phi) is 5.70. The molecule has 3 N–H and O–H groups in total. The summed E-state index contributed by atoms with van der Waals surface area (Å²) < 4.78 is 0. The molecule has 1 saturated carbocycles. The van der Waals surface area contributed by atoms with Crippen molar-refractivity contribution in [1.29, 1.82) is 0 Å². The first-order valence-corrected chi connectivity index (χ1v) is 7.90. The number of amides is 1. The number of carbonyl (C=O) groups excluding carboxylic acids is 1. The fourth-order valence-electron chi connectivity index (χ4n) is 2.55. The van der Waals surface area contributed by atoms with Gasteiger partial charge in [-0.15, -0.1) is 0 Å². The van der Waals surface area contributed by atoms with Gasteiger partial charge in [-0.05, 0) is 24.9 Å². The number of nitrogens with one attached hydrogen (secondary N) is 1. The van der Waals surface area contributed by atoms with Crippen molar-refractivity contribution in [2.24, 2.45) is 5.73 Å². The predicted octanol–water partition coefficient (Wildman–Crippen LogP) is 1.66. The first-order chi connectivity index (χ1) is 10.1. The summed E-state index contributed by atoms with van der Waals surface area (Å²) in [4.78, 5) is 15.0. The van der Waals surface area contributed by atoms with E-state index >= 15 is 0 Å². The predicted molar refractivity (Wildman–Crippen MR) is 89.2 cm³/mol. The van der Waals surface area contributed by atoms with Crippen LogP contribution in [0.4, 0.5) is 0 Å². The summed E-state index contributed by atoms with van der Waals surface area (Å²) in [6, 6.07) is 10.2. The van der Waals surface area contributed by atoms with Crippen molar-refractivity contribution in [3.05, 3.63) is 35.9 Å². The van der Waals surface area contributed by atoms with Gasteiger partial charge in [0, 0.05) is 19.1 Å². The fraction of sp³-hybridized carbons (Fsp3) is 0.500. The number of nitrogens with two attached hydrogens (primary N) is 1. The van der Waals surface area contributed by atoms with Crippen LogP contribution in [-0.4, -0.2) is 41.5 Å². The Labute approximate surface area is 131 Å². The Morgan fingerprint density at radius 1 is 1.43 bits per heavy atom. The smallest absolute Gasteiger partial charge is 0.234 e. The van der Waals surface area contributed by atoms with Crippen LogP contribution in [0.3, 0.4) is 0 Å². The van der Waals surface area contributed by atoms with Gasteiger partial charge in [0.25, 0.3) is 0 Å². The third kappa shape index (κ3) is 4.51. The molecule has 0 radical (unpaired) electrons. The molecule has 5 heteroatoms. The van der Waals surface area contributed by atoms with Crippen molar-refractivity contribution < 1.29 is 4.79 Å². The summed E-state index contributed by atoms with van der Waals surface area (Å²) in [6.07, 6.45) is 2.56. The van der Waals surface area contributed by atoms with Crippen LogP contribution in [0.25, 0.3) is 0 Å². The summed E-state index contributed by atoms with van der Waals surface area (Å²) in [5, 5.41) is 2.96. The maximum atomic E-state index is 12.3. The van der Waals surface area contributed by atoms with Crippen molar-refractivity contribution in [2.75, 3.05) is 19.6 Å². The zero-order valence-electron chi connectivity index (χ0n) is 12.4. The van der Waals surface area contributed by atoms with Crippen molar-refractivity contribution in [3.63, 3.8) is 0 Å². The van der Waals surface area contributed by atoms with Crippen molar-refractivity contribution in [2.45, 2.75) is 31.7 Å². The van der Waals surface area contributed by atoms with E-state index in [9.17, 15) is 4.79 Å². The van der Waals surface area contributed by atoms with Crippen LogP contribution in [0.1, 0.15) is 31.2 Å². The van der Waals surface area contributed by atoms with Gasteiger partial charge >= 0.3 is 0 Å². The van der Waals surface area contributed by atoms with E-state index in [1.807, 2.05) is 30.3 Å². The van der Waals surface area contributed by atoms with Crippen LogP contribution in [0.15, 0.2) is 30.3 Å². The average molecular weight is 305 g/mol. The van der Waals surface area contributed by atoms with Gasteiger partial charge in [-0.3, -0.25) is 9.69 Å². The zero-order valence-corrected chi connectivity index (χ0v) is 13.2. The van der Waals surface area contributed by atoms with E-state index in [1.165, 1.54) is 12.8 Å². The van der Waals surface area contributed by atoms with Gasteiger partial charge in [0.05, 0.1) is 4.99 Å². The van der Waals surface area contributed by atoms with Crippen molar-refractivity contribution in [3.8, 4) is 0 Å². The summed E-state index contributed by atoms with van der Waals surface area (Å²) >= 11 is 5.06. The second-order valence-corrected chi connectivity index (χ2v) is 5.87. The molecule has 0 aliphatic heterocycles. The van der Waals surface area contributed by atoms with Gasteiger partial charge in [-0.1, -0.05) is 49.5 Å². The molecule has 1 atom stereocenters. The Balaban J connectivity index is 1.89. The maximum absolute atomic E-state index is 12.3. The van der Waals surface area contributed by atoms with Crippen LogP contribution in [0.5, 0.6) is 0 Å². The molecule has 0 bridgehead atoms. The molecular formula is C16H23N3OS. The molecule has 1 unspecified atom stereocenters. The van der Waals surface area contributed by atoms with E-state index in [1.54, 1.807) is 0 Å². The topological polar surface area (TPSA) is 58.4 Å². The summed E-state index contributed by atoms with van der Waals surface area (Å²) in [5.74, 6) is -0.655. The van der Waals surface area contributed by atoms with Crippen molar-refractivity contribution in [1.82, 2.24) is 10.2 Å². The van der Waals surface area contributed by atoms with Gasteiger partial charge in [-0.2, -0.15) is 0 Å². The normalized spacial score (nSPS) is 15.7. The molecule has 2 rings (SSSR count). The van der Waals surface area contributed by atoms with Gasteiger partial charge in [0.1, 0.15) is 5.92 Å². The molecule has 0 spiro atoms. The molecule has 0 aromatic heterocycles. The minimum absolute atomic E-state index is 0.111. The first kappa shape index (κ1) is 15.9. The van der Waals surface area contributed by atoms with E-state index in [4.69, 9.17) is 18.0 Å². The SMILES string of the molecule is CCN(CCNC(=O)C(C(N)=S)c1ccccc1)C1CC1. The number of likely N-dealkylation sites (N-methyl/N-ethyl adjacent to an activating group) is 1. The first-order valence-electron chi connectivity index (χ1n) is 7.49. The summed E-state index contributed by atoms with van der Waals surface area (Å²) in [5.41, 5.74) is 6.59. The lowest BCUT2D eigenvalue weighted by Gasteiger charge is -2.21. The highest BCUT2D eigenvalue weighted by atomic mass is 32.1. The van der Waals surface area contributed by atoms with Crippen LogP contribution in [0, 0.1) is 0 Å². The minimum atomic E-state index is -0.544. The quantitative estimate of drug-likeness (QED) is 0.717. The lowest BCUT2D eigenvalue weighted by Crippen LogP contribution is -2.40. The lowest BCUT2D eigenvalue weighted by atomic mass is 9.98. The number of nitrogens with zero attached hydrogens (tertiary/aromatic N) is 1. The molecule has 1 aliphatic carbocycles. The molecular weight excluding hydrogens is 282 g/mol. The largest absolute Gasteiger partial charge is 0.392 e.